The molecule has 0 amide bonds. The number of nitrogens with one attached hydrogen (secondary N) is 1. The van der Waals surface area contributed by atoms with E-state index in [4.69, 9.17) is 12.2 Å². The van der Waals surface area contributed by atoms with Gasteiger partial charge in [0.05, 0.1) is 11.0 Å². The molecule has 1 saturated carbocycles. The number of H-pyrrole nitrogens is 1. The van der Waals surface area contributed by atoms with E-state index in [1.54, 1.807) is 13.0 Å². The Labute approximate surface area is 111 Å². The Hall–Kier alpha value is -1.16. The molecule has 0 unspecified atom stereocenters. The van der Waals surface area contributed by atoms with E-state index in [-0.39, 0.29) is 5.82 Å². The molecule has 3 rings (SSSR count). The van der Waals surface area contributed by atoms with E-state index in [0.29, 0.717) is 10.3 Å². The number of benzene rings is 1. The monoisotopic (exact) mass is 264 g/mol. The van der Waals surface area contributed by atoms with Crippen LogP contribution in [0, 0.1) is 23.4 Å². The van der Waals surface area contributed by atoms with Crippen LogP contribution in [-0.4, -0.2) is 9.55 Å². The van der Waals surface area contributed by atoms with Gasteiger partial charge in [0.2, 0.25) is 0 Å². The second kappa shape index (κ2) is 4.50. The minimum atomic E-state index is -0.174. The van der Waals surface area contributed by atoms with Crippen molar-refractivity contribution in [3.05, 3.63) is 28.3 Å². The molecule has 18 heavy (non-hydrogen) atoms. The normalized spacial score (nSPS) is 16.8. The highest BCUT2D eigenvalue weighted by Crippen LogP contribution is 2.28. The fourth-order valence-corrected chi connectivity index (χ4v) is 3.20. The summed E-state index contributed by atoms with van der Waals surface area (Å²) in [6, 6.07) is 3.44. The van der Waals surface area contributed by atoms with Gasteiger partial charge >= 0.3 is 0 Å². The standard InChI is InChI=1S/C14H17FN2S/c1-9-6-13-12(7-11(9)15)16-14(18)17(13)8-10-4-2-3-5-10/h6-7,10H,2-5,8H2,1H3,(H,16,18). The molecule has 0 radical (unpaired) electrons. The Balaban J connectivity index is 2.07. The molecule has 96 valence electrons. The Kier molecular flexibility index (Phi) is 2.98. The number of hydrogen-bond donors (Lipinski definition) is 1. The molecule has 2 aromatic rings. The summed E-state index contributed by atoms with van der Waals surface area (Å²) in [7, 11) is 0. The first-order valence-corrected chi connectivity index (χ1v) is 6.94. The van der Waals surface area contributed by atoms with Crippen molar-refractivity contribution in [2.24, 2.45) is 5.92 Å². The summed E-state index contributed by atoms with van der Waals surface area (Å²) in [5, 5.41) is 0. The first-order chi connectivity index (χ1) is 8.65. The number of aryl methyl sites for hydroxylation is 1. The first-order valence-electron chi connectivity index (χ1n) is 6.54. The topological polar surface area (TPSA) is 20.7 Å². The summed E-state index contributed by atoms with van der Waals surface area (Å²) in [4.78, 5) is 3.11. The Morgan fingerprint density at radius 3 is 2.83 bits per heavy atom. The molecule has 4 heteroatoms. The Bertz CT molecular complexity index is 635. The van der Waals surface area contributed by atoms with Gasteiger partial charge in [0.1, 0.15) is 5.82 Å². The average molecular weight is 264 g/mol. The van der Waals surface area contributed by atoms with Crippen LogP contribution in [-0.2, 0) is 6.54 Å². The molecular weight excluding hydrogens is 247 g/mol. The number of fused-ring (bicyclic) bond motifs is 1. The van der Waals surface area contributed by atoms with Crippen molar-refractivity contribution in [1.29, 1.82) is 0 Å². The van der Waals surface area contributed by atoms with E-state index in [0.717, 1.165) is 23.5 Å². The maximum Gasteiger partial charge on any atom is 0.178 e. The zero-order valence-corrected chi connectivity index (χ0v) is 11.3. The number of nitrogens with zero attached hydrogens (tertiary/aromatic N) is 1. The summed E-state index contributed by atoms with van der Waals surface area (Å²) >= 11 is 5.36. The van der Waals surface area contributed by atoms with E-state index >= 15 is 0 Å². The van der Waals surface area contributed by atoms with Crippen LogP contribution in [0.3, 0.4) is 0 Å². The van der Waals surface area contributed by atoms with E-state index in [1.165, 1.54) is 25.7 Å². The molecule has 0 atom stereocenters. The van der Waals surface area contributed by atoms with Crippen LogP contribution < -0.4 is 0 Å². The SMILES string of the molecule is Cc1cc2c(cc1F)[nH]c(=S)n2CC1CCCC1. The van der Waals surface area contributed by atoms with E-state index in [9.17, 15) is 4.39 Å². The van der Waals surface area contributed by atoms with Gasteiger partial charge in [0, 0.05) is 6.54 Å². The highest BCUT2D eigenvalue weighted by atomic mass is 32.1. The molecule has 0 aliphatic heterocycles. The summed E-state index contributed by atoms with van der Waals surface area (Å²) in [5.74, 6) is 0.549. The van der Waals surface area contributed by atoms with Crippen molar-refractivity contribution in [2.45, 2.75) is 39.2 Å². The predicted octanol–water partition coefficient (Wildman–Crippen LogP) is 4.34. The van der Waals surface area contributed by atoms with Crippen molar-refractivity contribution in [3.63, 3.8) is 0 Å². The van der Waals surface area contributed by atoms with Crippen LogP contribution in [0.4, 0.5) is 4.39 Å². The summed E-state index contributed by atoms with van der Waals surface area (Å²) < 4.78 is 16.4. The second-order valence-electron chi connectivity index (χ2n) is 5.31. The van der Waals surface area contributed by atoms with Crippen molar-refractivity contribution in [1.82, 2.24) is 9.55 Å². The van der Waals surface area contributed by atoms with Crippen molar-refractivity contribution < 1.29 is 4.39 Å². The largest absolute Gasteiger partial charge is 0.330 e. The first kappa shape index (κ1) is 11.9. The molecule has 0 bridgehead atoms. The lowest BCUT2D eigenvalue weighted by atomic mass is 10.1. The lowest BCUT2D eigenvalue weighted by molar-refractivity contribution is 0.461. The van der Waals surface area contributed by atoms with Gasteiger partial charge in [-0.05, 0) is 55.6 Å². The van der Waals surface area contributed by atoms with Crippen LogP contribution >= 0.6 is 12.2 Å². The molecule has 1 aliphatic rings. The predicted molar refractivity (Wildman–Crippen MR) is 73.8 cm³/mol. The van der Waals surface area contributed by atoms with Crippen molar-refractivity contribution in [2.75, 3.05) is 0 Å². The lowest BCUT2D eigenvalue weighted by Gasteiger charge is -2.11. The van der Waals surface area contributed by atoms with Crippen LogP contribution in [0.1, 0.15) is 31.2 Å². The minimum Gasteiger partial charge on any atom is -0.330 e. The quantitative estimate of drug-likeness (QED) is 0.800. The van der Waals surface area contributed by atoms with E-state index in [2.05, 4.69) is 9.55 Å². The van der Waals surface area contributed by atoms with Crippen molar-refractivity contribution in [3.8, 4) is 0 Å². The second-order valence-corrected chi connectivity index (χ2v) is 5.70. The number of aromatic amines is 1. The molecule has 1 aliphatic carbocycles. The third-order valence-corrected chi connectivity index (χ3v) is 4.29. The maximum atomic E-state index is 13.5. The maximum absolute atomic E-state index is 13.5. The zero-order valence-electron chi connectivity index (χ0n) is 10.5. The lowest BCUT2D eigenvalue weighted by Crippen LogP contribution is -2.07. The van der Waals surface area contributed by atoms with Crippen LogP contribution in [0.15, 0.2) is 12.1 Å². The van der Waals surface area contributed by atoms with Gasteiger partial charge < -0.3 is 9.55 Å². The van der Waals surface area contributed by atoms with Gasteiger partial charge in [-0.3, -0.25) is 0 Å². The molecule has 1 aromatic heterocycles. The highest BCUT2D eigenvalue weighted by Gasteiger charge is 2.17. The molecule has 0 saturated heterocycles. The molecule has 2 nitrogen and oxygen atoms in total. The van der Waals surface area contributed by atoms with Crippen LogP contribution in [0.2, 0.25) is 0 Å². The van der Waals surface area contributed by atoms with Crippen molar-refractivity contribution >= 4 is 23.3 Å². The Morgan fingerprint density at radius 1 is 1.39 bits per heavy atom. The van der Waals surface area contributed by atoms with Crippen LogP contribution in [0.25, 0.3) is 11.0 Å². The van der Waals surface area contributed by atoms with E-state index in [1.807, 2.05) is 6.07 Å². The van der Waals surface area contributed by atoms with Gasteiger partial charge in [0.15, 0.2) is 4.77 Å². The Morgan fingerprint density at radius 2 is 2.11 bits per heavy atom. The van der Waals surface area contributed by atoms with E-state index < -0.39 is 0 Å². The fraction of sp³-hybridized carbons (Fsp3) is 0.500. The van der Waals surface area contributed by atoms with Gasteiger partial charge in [-0.15, -0.1) is 0 Å². The van der Waals surface area contributed by atoms with Crippen LogP contribution in [0.5, 0.6) is 0 Å². The summed E-state index contributed by atoms with van der Waals surface area (Å²) in [6.07, 6.45) is 5.23. The number of rotatable bonds is 2. The zero-order chi connectivity index (χ0) is 12.7. The molecule has 1 fully saturated rings. The number of aromatic nitrogens is 2. The minimum absolute atomic E-state index is 0.174. The number of hydrogen-bond acceptors (Lipinski definition) is 1. The number of halogens is 1. The number of imidazole rings is 1. The van der Waals surface area contributed by atoms with Gasteiger partial charge in [-0.25, -0.2) is 4.39 Å². The molecule has 1 heterocycles. The molecule has 1 aromatic carbocycles. The molecular formula is C14H17FN2S. The summed E-state index contributed by atoms with van der Waals surface area (Å²) in [5.41, 5.74) is 2.52. The summed E-state index contributed by atoms with van der Waals surface area (Å²) in [6.45, 7) is 2.76. The highest BCUT2D eigenvalue weighted by molar-refractivity contribution is 7.71. The molecule has 0 spiro atoms. The fourth-order valence-electron chi connectivity index (χ4n) is 2.91. The van der Waals surface area contributed by atoms with Gasteiger partial charge in [-0.1, -0.05) is 12.8 Å². The average Bonchev–Trinajstić information content (AvgIpc) is 2.92. The third kappa shape index (κ3) is 1.99. The van der Waals surface area contributed by atoms with Gasteiger partial charge in [-0.2, -0.15) is 0 Å². The smallest absolute Gasteiger partial charge is 0.178 e. The van der Waals surface area contributed by atoms with Gasteiger partial charge in [0.25, 0.3) is 0 Å². The molecule has 1 N–H and O–H groups in total. The third-order valence-electron chi connectivity index (χ3n) is 3.97.